The molecule has 0 spiro atoms. The first-order valence-electron chi connectivity index (χ1n) is 6.82. The van der Waals surface area contributed by atoms with Gasteiger partial charge in [0.2, 0.25) is 0 Å². The molecule has 2 nitrogen and oxygen atoms in total. The van der Waals surface area contributed by atoms with Crippen molar-refractivity contribution in [2.24, 2.45) is 0 Å². The highest BCUT2D eigenvalue weighted by Gasteiger charge is 2.06. The fraction of sp³-hybridized carbons (Fsp3) is 0.375. The minimum atomic E-state index is -0.192. The van der Waals surface area contributed by atoms with Crippen LogP contribution in [0, 0.1) is 5.82 Å². The van der Waals surface area contributed by atoms with Crippen LogP contribution in [0.3, 0.4) is 0 Å². The summed E-state index contributed by atoms with van der Waals surface area (Å²) in [6.45, 7) is 6.00. The largest absolute Gasteiger partial charge is 0.369 e. The number of halogens is 1. The third-order valence-corrected chi connectivity index (χ3v) is 4.11. The van der Waals surface area contributed by atoms with E-state index in [0.29, 0.717) is 6.04 Å². The van der Waals surface area contributed by atoms with Crippen LogP contribution in [0.2, 0.25) is 0 Å². The Hall–Kier alpha value is -1.39. The van der Waals surface area contributed by atoms with Gasteiger partial charge in [-0.2, -0.15) is 0 Å². The van der Waals surface area contributed by atoms with Gasteiger partial charge < -0.3 is 10.2 Å². The Morgan fingerprint density at radius 1 is 1.20 bits per heavy atom. The van der Waals surface area contributed by atoms with Gasteiger partial charge in [-0.25, -0.2) is 4.39 Å². The van der Waals surface area contributed by atoms with E-state index in [1.807, 2.05) is 13.1 Å². The third kappa shape index (κ3) is 4.32. The third-order valence-electron chi connectivity index (χ3n) is 3.04. The zero-order valence-electron chi connectivity index (χ0n) is 12.2. The monoisotopic (exact) mass is 292 g/mol. The molecule has 108 valence electrons. The molecule has 2 aromatic rings. The van der Waals surface area contributed by atoms with Crippen molar-refractivity contribution in [3.63, 3.8) is 0 Å². The van der Waals surface area contributed by atoms with Crippen LogP contribution in [0.5, 0.6) is 0 Å². The molecule has 0 aliphatic rings. The standard InChI is InChI=1S/C16H21FN2S/c1-12(2)18-10-15-7-8-16(20-15)11-19(3)14-6-4-5-13(17)9-14/h4-9,12,18H,10-11H2,1-3H3. The second-order valence-corrected chi connectivity index (χ2v) is 6.49. The predicted octanol–water partition coefficient (Wildman–Crippen LogP) is 4.02. The molecule has 2 rings (SSSR count). The topological polar surface area (TPSA) is 15.3 Å². The lowest BCUT2D eigenvalue weighted by atomic mass is 10.3. The molecule has 1 aromatic carbocycles. The lowest BCUT2D eigenvalue weighted by Crippen LogP contribution is -2.21. The summed E-state index contributed by atoms with van der Waals surface area (Å²) >= 11 is 1.80. The van der Waals surface area contributed by atoms with Crippen molar-refractivity contribution < 1.29 is 4.39 Å². The first-order valence-corrected chi connectivity index (χ1v) is 7.64. The molecule has 1 N–H and O–H groups in total. The number of nitrogens with one attached hydrogen (secondary N) is 1. The maximum Gasteiger partial charge on any atom is 0.125 e. The number of rotatable bonds is 6. The zero-order chi connectivity index (χ0) is 14.5. The van der Waals surface area contributed by atoms with E-state index >= 15 is 0 Å². The Morgan fingerprint density at radius 3 is 2.65 bits per heavy atom. The van der Waals surface area contributed by atoms with Gasteiger partial charge in [-0.05, 0) is 30.3 Å². The van der Waals surface area contributed by atoms with E-state index in [9.17, 15) is 4.39 Å². The van der Waals surface area contributed by atoms with Crippen LogP contribution >= 0.6 is 11.3 Å². The lowest BCUT2D eigenvalue weighted by Gasteiger charge is -2.18. The van der Waals surface area contributed by atoms with Gasteiger partial charge in [0, 0.05) is 35.1 Å². The molecule has 0 radical (unpaired) electrons. The summed E-state index contributed by atoms with van der Waals surface area (Å²) < 4.78 is 13.2. The molecule has 0 atom stereocenters. The zero-order valence-corrected chi connectivity index (χ0v) is 13.0. The van der Waals surface area contributed by atoms with E-state index in [4.69, 9.17) is 0 Å². The van der Waals surface area contributed by atoms with Crippen molar-refractivity contribution in [3.8, 4) is 0 Å². The first kappa shape index (κ1) is 15.0. The lowest BCUT2D eigenvalue weighted by molar-refractivity contribution is 0.593. The molecule has 1 aromatic heterocycles. The second kappa shape index (κ2) is 6.86. The summed E-state index contributed by atoms with van der Waals surface area (Å²) in [5, 5.41) is 3.41. The van der Waals surface area contributed by atoms with Crippen molar-refractivity contribution in [2.75, 3.05) is 11.9 Å². The summed E-state index contributed by atoms with van der Waals surface area (Å²) in [5.41, 5.74) is 0.903. The quantitative estimate of drug-likeness (QED) is 0.865. The van der Waals surface area contributed by atoms with Crippen LogP contribution in [0.25, 0.3) is 0 Å². The fourth-order valence-corrected chi connectivity index (χ4v) is 2.97. The number of benzene rings is 1. The van der Waals surface area contributed by atoms with Gasteiger partial charge >= 0.3 is 0 Å². The molecule has 0 amide bonds. The van der Waals surface area contributed by atoms with Crippen molar-refractivity contribution in [1.29, 1.82) is 0 Å². The van der Waals surface area contributed by atoms with Crippen LogP contribution in [-0.4, -0.2) is 13.1 Å². The van der Waals surface area contributed by atoms with E-state index in [2.05, 4.69) is 36.2 Å². The summed E-state index contributed by atoms with van der Waals surface area (Å²) in [5.74, 6) is -0.192. The van der Waals surface area contributed by atoms with E-state index in [-0.39, 0.29) is 5.82 Å². The van der Waals surface area contributed by atoms with Crippen molar-refractivity contribution in [3.05, 3.63) is 52.0 Å². The van der Waals surface area contributed by atoms with E-state index in [1.165, 1.54) is 15.8 Å². The summed E-state index contributed by atoms with van der Waals surface area (Å²) in [7, 11) is 1.99. The van der Waals surface area contributed by atoms with E-state index in [1.54, 1.807) is 23.5 Å². The molecule has 0 saturated carbocycles. The molecule has 0 aliphatic heterocycles. The Balaban J connectivity index is 1.96. The SMILES string of the molecule is CC(C)NCc1ccc(CN(C)c2cccc(F)c2)s1. The minimum absolute atomic E-state index is 0.192. The Bertz CT molecular complexity index is 551. The number of anilines is 1. The predicted molar refractivity (Wildman–Crippen MR) is 84.8 cm³/mol. The van der Waals surface area contributed by atoms with Gasteiger partial charge in [-0.3, -0.25) is 0 Å². The molecular weight excluding hydrogens is 271 g/mol. The maximum atomic E-state index is 13.2. The minimum Gasteiger partial charge on any atom is -0.369 e. The first-order chi connectivity index (χ1) is 9.54. The number of nitrogens with zero attached hydrogens (tertiary/aromatic N) is 1. The van der Waals surface area contributed by atoms with Crippen LogP contribution in [0.4, 0.5) is 10.1 Å². The maximum absolute atomic E-state index is 13.2. The van der Waals surface area contributed by atoms with Gasteiger partial charge in [0.25, 0.3) is 0 Å². The number of hydrogen-bond donors (Lipinski definition) is 1. The normalized spacial score (nSPS) is 11.1. The van der Waals surface area contributed by atoms with Crippen LogP contribution < -0.4 is 10.2 Å². The summed E-state index contributed by atoms with van der Waals surface area (Å²) in [6, 6.07) is 11.5. The Morgan fingerprint density at radius 2 is 1.95 bits per heavy atom. The Labute approximate surface area is 124 Å². The highest BCUT2D eigenvalue weighted by atomic mass is 32.1. The Kier molecular flexibility index (Phi) is 5.15. The molecule has 20 heavy (non-hydrogen) atoms. The van der Waals surface area contributed by atoms with E-state index in [0.717, 1.165) is 18.8 Å². The van der Waals surface area contributed by atoms with Crippen molar-refractivity contribution in [2.45, 2.75) is 33.0 Å². The molecule has 0 saturated heterocycles. The van der Waals surface area contributed by atoms with E-state index < -0.39 is 0 Å². The number of hydrogen-bond acceptors (Lipinski definition) is 3. The van der Waals surface area contributed by atoms with Crippen LogP contribution in [0.1, 0.15) is 23.6 Å². The average Bonchev–Trinajstić information content (AvgIpc) is 2.84. The van der Waals surface area contributed by atoms with Gasteiger partial charge in [0.15, 0.2) is 0 Å². The smallest absolute Gasteiger partial charge is 0.125 e. The van der Waals surface area contributed by atoms with Crippen LogP contribution in [-0.2, 0) is 13.1 Å². The molecule has 0 bridgehead atoms. The van der Waals surface area contributed by atoms with Gasteiger partial charge in [-0.1, -0.05) is 19.9 Å². The van der Waals surface area contributed by atoms with Gasteiger partial charge in [0.1, 0.15) is 5.82 Å². The van der Waals surface area contributed by atoms with Gasteiger partial charge in [0.05, 0.1) is 6.54 Å². The van der Waals surface area contributed by atoms with Crippen molar-refractivity contribution >= 4 is 17.0 Å². The summed E-state index contributed by atoms with van der Waals surface area (Å²) in [4.78, 5) is 4.69. The average molecular weight is 292 g/mol. The molecule has 0 fully saturated rings. The molecule has 0 aliphatic carbocycles. The van der Waals surface area contributed by atoms with Gasteiger partial charge in [-0.15, -0.1) is 11.3 Å². The molecule has 4 heteroatoms. The highest BCUT2D eigenvalue weighted by molar-refractivity contribution is 7.12. The summed E-state index contributed by atoms with van der Waals surface area (Å²) in [6.07, 6.45) is 0. The fourth-order valence-electron chi connectivity index (χ4n) is 1.95. The molecular formula is C16H21FN2S. The van der Waals surface area contributed by atoms with Crippen molar-refractivity contribution in [1.82, 2.24) is 5.32 Å². The van der Waals surface area contributed by atoms with Crippen LogP contribution in [0.15, 0.2) is 36.4 Å². The molecule has 1 heterocycles. The highest BCUT2D eigenvalue weighted by Crippen LogP contribution is 2.21. The second-order valence-electron chi connectivity index (χ2n) is 5.24. The number of thiophene rings is 1. The molecule has 0 unspecified atom stereocenters.